The predicted molar refractivity (Wildman–Crippen MR) is 85.4 cm³/mol. The highest BCUT2D eigenvalue weighted by atomic mass is 16.4. The minimum absolute atomic E-state index is 0.0524. The molecule has 2 atom stereocenters. The van der Waals surface area contributed by atoms with Gasteiger partial charge in [-0.25, -0.2) is 4.79 Å². The van der Waals surface area contributed by atoms with Crippen molar-refractivity contribution in [1.82, 2.24) is 0 Å². The molecule has 0 spiro atoms. The third-order valence-electron chi connectivity index (χ3n) is 4.36. The summed E-state index contributed by atoms with van der Waals surface area (Å²) in [5, 5.41) is 18.9. The third kappa shape index (κ3) is 2.52. The van der Waals surface area contributed by atoms with E-state index in [0.717, 1.165) is 18.5 Å². The van der Waals surface area contributed by atoms with Crippen molar-refractivity contribution in [3.63, 3.8) is 0 Å². The molecule has 4 nitrogen and oxygen atoms in total. The Labute approximate surface area is 129 Å². The van der Waals surface area contributed by atoms with Gasteiger partial charge in [-0.15, -0.1) is 0 Å². The number of nitrogens with zero attached hydrogens (tertiary/aromatic N) is 1. The van der Waals surface area contributed by atoms with Crippen LogP contribution in [0.3, 0.4) is 0 Å². The number of carbonyl (C=O) groups is 1. The summed E-state index contributed by atoms with van der Waals surface area (Å²) in [7, 11) is 0. The van der Waals surface area contributed by atoms with Crippen LogP contribution in [0.4, 0.5) is 5.69 Å². The van der Waals surface area contributed by atoms with Crippen LogP contribution in [0.25, 0.3) is 0 Å². The van der Waals surface area contributed by atoms with E-state index in [9.17, 15) is 15.0 Å². The maximum absolute atomic E-state index is 11.2. The molecule has 2 unspecified atom stereocenters. The van der Waals surface area contributed by atoms with Crippen LogP contribution in [0, 0.1) is 0 Å². The van der Waals surface area contributed by atoms with Crippen LogP contribution < -0.4 is 4.90 Å². The maximum atomic E-state index is 11.2. The van der Waals surface area contributed by atoms with E-state index >= 15 is 0 Å². The van der Waals surface area contributed by atoms with Crippen LogP contribution in [-0.4, -0.2) is 22.2 Å². The van der Waals surface area contributed by atoms with Gasteiger partial charge in [-0.3, -0.25) is 0 Å². The molecule has 1 saturated heterocycles. The summed E-state index contributed by atoms with van der Waals surface area (Å²) in [4.78, 5) is 13.5. The van der Waals surface area contributed by atoms with E-state index in [-0.39, 0.29) is 17.4 Å². The molecule has 22 heavy (non-hydrogen) atoms. The van der Waals surface area contributed by atoms with E-state index in [1.165, 1.54) is 11.6 Å². The number of rotatable bonds is 3. The average Bonchev–Trinajstić information content (AvgIpc) is 2.90. The molecule has 114 valence electrons. The van der Waals surface area contributed by atoms with Gasteiger partial charge in [-0.05, 0) is 43.5 Å². The van der Waals surface area contributed by atoms with Gasteiger partial charge in [0.25, 0.3) is 0 Å². The smallest absolute Gasteiger partial charge is 0.339 e. The molecule has 4 heteroatoms. The molecular weight excluding hydrogens is 278 g/mol. The molecule has 0 aromatic heterocycles. The molecule has 2 aromatic rings. The van der Waals surface area contributed by atoms with Crippen LogP contribution in [-0.2, 0) is 0 Å². The van der Waals surface area contributed by atoms with Gasteiger partial charge in [0.15, 0.2) is 0 Å². The maximum Gasteiger partial charge on any atom is 0.339 e. The summed E-state index contributed by atoms with van der Waals surface area (Å²) in [5.41, 5.74) is 2.02. The first-order valence-electron chi connectivity index (χ1n) is 7.47. The molecule has 0 saturated carbocycles. The van der Waals surface area contributed by atoms with Gasteiger partial charge in [0.2, 0.25) is 0 Å². The molecule has 1 fully saturated rings. The highest BCUT2D eigenvalue weighted by Crippen LogP contribution is 2.40. The van der Waals surface area contributed by atoms with Crippen LogP contribution in [0.5, 0.6) is 5.75 Å². The first-order chi connectivity index (χ1) is 10.6. The third-order valence-corrected chi connectivity index (χ3v) is 4.36. The zero-order valence-corrected chi connectivity index (χ0v) is 12.4. The monoisotopic (exact) mass is 297 g/mol. The second-order valence-corrected chi connectivity index (χ2v) is 5.77. The Hall–Kier alpha value is -2.49. The molecular formula is C18H19NO3. The SMILES string of the molecule is CC1CCC(c2ccccc2)N1c1ccc(O)c(C(=O)O)c1. The number of benzene rings is 2. The number of carboxylic acids is 1. The summed E-state index contributed by atoms with van der Waals surface area (Å²) in [6.45, 7) is 2.15. The molecule has 0 bridgehead atoms. The molecule has 0 aliphatic carbocycles. The number of carboxylic acid groups (broad SMARTS) is 1. The number of phenols is 1. The number of hydrogen-bond acceptors (Lipinski definition) is 3. The molecule has 1 aliphatic rings. The van der Waals surface area contributed by atoms with Gasteiger partial charge >= 0.3 is 5.97 Å². The van der Waals surface area contributed by atoms with Gasteiger partial charge in [0.05, 0.1) is 6.04 Å². The van der Waals surface area contributed by atoms with Crippen molar-refractivity contribution in [2.45, 2.75) is 31.8 Å². The lowest BCUT2D eigenvalue weighted by Crippen LogP contribution is -2.29. The molecule has 2 N–H and O–H groups in total. The zero-order valence-electron chi connectivity index (χ0n) is 12.4. The van der Waals surface area contributed by atoms with E-state index in [1.54, 1.807) is 12.1 Å². The Kier molecular flexibility index (Phi) is 3.75. The molecule has 1 heterocycles. The molecule has 0 amide bonds. The highest BCUT2D eigenvalue weighted by Gasteiger charge is 2.32. The largest absolute Gasteiger partial charge is 0.507 e. The summed E-state index contributed by atoms with van der Waals surface area (Å²) >= 11 is 0. The Morgan fingerprint density at radius 3 is 2.55 bits per heavy atom. The number of anilines is 1. The van der Waals surface area contributed by atoms with Crippen LogP contribution in [0.2, 0.25) is 0 Å². The number of aromatic carboxylic acids is 1. The fraction of sp³-hybridized carbons (Fsp3) is 0.278. The molecule has 3 rings (SSSR count). The number of aromatic hydroxyl groups is 1. The van der Waals surface area contributed by atoms with Gasteiger partial charge < -0.3 is 15.1 Å². The van der Waals surface area contributed by atoms with Crippen molar-refractivity contribution < 1.29 is 15.0 Å². The Morgan fingerprint density at radius 2 is 1.86 bits per heavy atom. The van der Waals surface area contributed by atoms with Gasteiger partial charge in [0.1, 0.15) is 11.3 Å². The second-order valence-electron chi connectivity index (χ2n) is 5.77. The van der Waals surface area contributed by atoms with Crippen molar-refractivity contribution in [1.29, 1.82) is 0 Å². The quantitative estimate of drug-likeness (QED) is 0.904. The van der Waals surface area contributed by atoms with E-state index in [1.807, 2.05) is 18.2 Å². The lowest BCUT2D eigenvalue weighted by atomic mass is 10.0. The summed E-state index contributed by atoms with van der Waals surface area (Å²) < 4.78 is 0. The van der Waals surface area contributed by atoms with Crippen molar-refractivity contribution in [2.24, 2.45) is 0 Å². The summed E-state index contributed by atoms with van der Waals surface area (Å²) in [6.07, 6.45) is 2.09. The average molecular weight is 297 g/mol. The predicted octanol–water partition coefficient (Wildman–Crippen LogP) is 3.82. The molecule has 0 radical (unpaired) electrons. The zero-order chi connectivity index (χ0) is 15.7. The van der Waals surface area contributed by atoms with Crippen molar-refractivity contribution >= 4 is 11.7 Å². The fourth-order valence-electron chi connectivity index (χ4n) is 3.28. The standard InChI is InChI=1S/C18H19NO3/c1-12-7-9-16(13-5-3-2-4-6-13)19(12)14-8-10-17(20)15(11-14)18(21)22/h2-6,8,10-12,16,20H,7,9H2,1H3,(H,21,22). The Morgan fingerprint density at radius 1 is 1.14 bits per heavy atom. The fourth-order valence-corrected chi connectivity index (χ4v) is 3.28. The summed E-state index contributed by atoms with van der Waals surface area (Å²) in [5.74, 6) is -1.30. The second kappa shape index (κ2) is 5.72. The van der Waals surface area contributed by atoms with E-state index in [2.05, 4.69) is 24.0 Å². The van der Waals surface area contributed by atoms with Crippen molar-refractivity contribution in [3.8, 4) is 5.75 Å². The Balaban J connectivity index is 2.01. The van der Waals surface area contributed by atoms with E-state index < -0.39 is 5.97 Å². The van der Waals surface area contributed by atoms with E-state index in [4.69, 9.17) is 0 Å². The van der Waals surface area contributed by atoms with Gasteiger partial charge in [-0.1, -0.05) is 30.3 Å². The summed E-state index contributed by atoms with van der Waals surface area (Å²) in [6, 6.07) is 15.6. The first kappa shape index (κ1) is 14.4. The van der Waals surface area contributed by atoms with Crippen LogP contribution >= 0.6 is 0 Å². The number of hydrogen-bond donors (Lipinski definition) is 2. The molecule has 2 aromatic carbocycles. The van der Waals surface area contributed by atoms with Gasteiger partial charge in [0, 0.05) is 11.7 Å². The van der Waals surface area contributed by atoms with Crippen molar-refractivity contribution in [2.75, 3.05) is 4.90 Å². The normalized spacial score (nSPS) is 21.0. The highest BCUT2D eigenvalue weighted by molar-refractivity contribution is 5.92. The first-order valence-corrected chi connectivity index (χ1v) is 7.47. The Bertz CT molecular complexity index is 684. The lowest BCUT2D eigenvalue weighted by molar-refractivity contribution is 0.0693. The van der Waals surface area contributed by atoms with Crippen molar-refractivity contribution in [3.05, 3.63) is 59.7 Å². The van der Waals surface area contributed by atoms with Crippen LogP contribution in [0.1, 0.15) is 41.7 Å². The lowest BCUT2D eigenvalue weighted by Gasteiger charge is -2.31. The van der Waals surface area contributed by atoms with Crippen LogP contribution in [0.15, 0.2) is 48.5 Å². The van der Waals surface area contributed by atoms with E-state index in [0.29, 0.717) is 6.04 Å². The minimum Gasteiger partial charge on any atom is -0.507 e. The topological polar surface area (TPSA) is 60.8 Å². The van der Waals surface area contributed by atoms with Gasteiger partial charge in [-0.2, -0.15) is 0 Å². The minimum atomic E-state index is -1.11. The molecule has 1 aliphatic heterocycles.